The van der Waals surface area contributed by atoms with Gasteiger partial charge >= 0.3 is 0 Å². The Morgan fingerprint density at radius 2 is 1.80 bits per heavy atom. The number of rotatable bonds is 5. The molecule has 0 saturated carbocycles. The number of benzene rings is 1. The summed E-state index contributed by atoms with van der Waals surface area (Å²) in [4.78, 5) is 8.24. The molecular weight excluding hydrogens is 361 g/mol. The number of anilines is 1. The molecule has 128 valence electrons. The minimum atomic E-state index is -3.88. The van der Waals surface area contributed by atoms with Crippen molar-refractivity contribution in [3.05, 3.63) is 72.3 Å². The highest BCUT2D eigenvalue weighted by Gasteiger charge is 2.16. The first-order valence-electron chi connectivity index (χ1n) is 7.28. The van der Waals surface area contributed by atoms with Gasteiger partial charge in [0.05, 0.1) is 10.6 Å². The molecule has 0 saturated heterocycles. The van der Waals surface area contributed by atoms with E-state index in [9.17, 15) is 12.8 Å². The lowest BCUT2D eigenvalue weighted by Gasteiger charge is -2.09. The third-order valence-electron chi connectivity index (χ3n) is 3.29. The third-order valence-corrected chi connectivity index (χ3v) is 5.55. The summed E-state index contributed by atoms with van der Waals surface area (Å²) in [5.41, 5.74) is 0.728. The van der Waals surface area contributed by atoms with Crippen LogP contribution in [0.2, 0.25) is 0 Å². The smallest absolute Gasteiger partial charge is 0.261 e. The molecule has 0 aliphatic heterocycles. The zero-order valence-electron chi connectivity index (χ0n) is 13.2. The predicted octanol–water partition coefficient (Wildman–Crippen LogP) is 3.88. The molecule has 8 heteroatoms. The van der Waals surface area contributed by atoms with E-state index in [1.165, 1.54) is 36.2 Å². The summed E-state index contributed by atoms with van der Waals surface area (Å²) in [5, 5.41) is 1.34. The highest BCUT2D eigenvalue weighted by Crippen LogP contribution is 2.26. The number of nitrogens with zero attached hydrogens (tertiary/aromatic N) is 2. The molecule has 0 aliphatic carbocycles. The van der Waals surface area contributed by atoms with Crippen molar-refractivity contribution >= 4 is 27.5 Å². The highest BCUT2D eigenvalue weighted by atomic mass is 32.2. The van der Waals surface area contributed by atoms with E-state index in [0.29, 0.717) is 16.3 Å². The van der Waals surface area contributed by atoms with Gasteiger partial charge in [0.2, 0.25) is 0 Å². The standard InChI is InChI=1S/C17H14FN3O2S2/c1-12-5-6-14(11-15(12)18)25(22,23)21-13-7-9-20-17(10-13)24-16-4-2-3-8-19-16/h2-11H,1H3,(H,20,21). The number of hydrogen-bond acceptors (Lipinski definition) is 5. The van der Waals surface area contributed by atoms with Gasteiger partial charge in [0, 0.05) is 12.4 Å². The molecule has 0 radical (unpaired) electrons. The van der Waals surface area contributed by atoms with Crippen LogP contribution in [0.1, 0.15) is 5.56 Å². The second kappa shape index (κ2) is 7.20. The van der Waals surface area contributed by atoms with Gasteiger partial charge in [0.25, 0.3) is 10.0 Å². The summed E-state index contributed by atoms with van der Waals surface area (Å²) in [6.45, 7) is 1.57. The molecule has 0 bridgehead atoms. The number of sulfonamides is 1. The maximum Gasteiger partial charge on any atom is 0.261 e. The molecule has 0 spiro atoms. The monoisotopic (exact) mass is 375 g/mol. The maximum absolute atomic E-state index is 13.6. The van der Waals surface area contributed by atoms with Crippen molar-refractivity contribution in [2.24, 2.45) is 0 Å². The average Bonchev–Trinajstić information content (AvgIpc) is 2.58. The summed E-state index contributed by atoms with van der Waals surface area (Å²) < 4.78 is 40.9. The van der Waals surface area contributed by atoms with Crippen LogP contribution in [0.3, 0.4) is 0 Å². The van der Waals surface area contributed by atoms with Crippen molar-refractivity contribution in [1.29, 1.82) is 0 Å². The molecule has 3 aromatic rings. The van der Waals surface area contributed by atoms with Crippen molar-refractivity contribution in [3.8, 4) is 0 Å². The number of aryl methyl sites for hydroxylation is 1. The van der Waals surface area contributed by atoms with Crippen LogP contribution in [0.5, 0.6) is 0 Å². The summed E-state index contributed by atoms with van der Waals surface area (Å²) in [5.74, 6) is -0.566. The molecule has 2 heterocycles. The van der Waals surface area contributed by atoms with Crippen LogP contribution in [0.15, 0.2) is 75.9 Å². The first kappa shape index (κ1) is 17.4. The molecule has 5 nitrogen and oxygen atoms in total. The minimum absolute atomic E-state index is 0.133. The van der Waals surface area contributed by atoms with Crippen LogP contribution < -0.4 is 4.72 Å². The SMILES string of the molecule is Cc1ccc(S(=O)(=O)Nc2ccnc(Sc3ccccn3)c2)cc1F. The fourth-order valence-electron chi connectivity index (χ4n) is 2.00. The van der Waals surface area contributed by atoms with E-state index >= 15 is 0 Å². The lowest BCUT2D eigenvalue weighted by molar-refractivity contribution is 0.593. The Kier molecular flexibility index (Phi) is 5.00. The van der Waals surface area contributed by atoms with Crippen LogP contribution in [-0.2, 0) is 10.0 Å². The summed E-state index contributed by atoms with van der Waals surface area (Å²) in [6.07, 6.45) is 3.17. The van der Waals surface area contributed by atoms with Crippen molar-refractivity contribution in [2.75, 3.05) is 4.72 Å². The quantitative estimate of drug-likeness (QED) is 0.733. The van der Waals surface area contributed by atoms with Crippen LogP contribution in [0, 0.1) is 12.7 Å². The Morgan fingerprint density at radius 1 is 1.00 bits per heavy atom. The summed E-state index contributed by atoms with van der Waals surface area (Å²) >= 11 is 1.31. The molecule has 2 aromatic heterocycles. The van der Waals surface area contributed by atoms with E-state index in [0.717, 1.165) is 11.1 Å². The molecule has 0 fully saturated rings. The first-order chi connectivity index (χ1) is 11.9. The van der Waals surface area contributed by atoms with Gasteiger partial charge in [-0.05, 0) is 48.9 Å². The lowest BCUT2D eigenvalue weighted by Crippen LogP contribution is -2.13. The second-order valence-electron chi connectivity index (χ2n) is 5.17. The van der Waals surface area contributed by atoms with Crippen molar-refractivity contribution in [1.82, 2.24) is 9.97 Å². The Balaban J connectivity index is 1.82. The van der Waals surface area contributed by atoms with Gasteiger partial charge in [-0.1, -0.05) is 23.9 Å². The number of aromatic nitrogens is 2. The van der Waals surface area contributed by atoms with E-state index in [-0.39, 0.29) is 4.90 Å². The minimum Gasteiger partial charge on any atom is -0.279 e. The Hall–Kier alpha value is -2.45. The predicted molar refractivity (Wildman–Crippen MR) is 94.5 cm³/mol. The molecule has 0 amide bonds. The van der Waals surface area contributed by atoms with E-state index in [1.54, 1.807) is 19.2 Å². The average molecular weight is 375 g/mol. The van der Waals surface area contributed by atoms with Crippen molar-refractivity contribution in [2.45, 2.75) is 21.9 Å². The Morgan fingerprint density at radius 3 is 2.52 bits per heavy atom. The van der Waals surface area contributed by atoms with Gasteiger partial charge in [-0.15, -0.1) is 0 Å². The lowest BCUT2D eigenvalue weighted by atomic mass is 10.2. The van der Waals surface area contributed by atoms with E-state index in [1.807, 2.05) is 18.2 Å². The normalized spacial score (nSPS) is 11.3. The van der Waals surface area contributed by atoms with Crippen LogP contribution in [-0.4, -0.2) is 18.4 Å². The molecule has 25 heavy (non-hydrogen) atoms. The van der Waals surface area contributed by atoms with Crippen LogP contribution in [0.4, 0.5) is 10.1 Å². The van der Waals surface area contributed by atoms with Gasteiger partial charge in [-0.3, -0.25) is 4.72 Å². The summed E-state index contributed by atoms with van der Waals surface area (Å²) in [6, 6.07) is 12.4. The fraction of sp³-hybridized carbons (Fsp3) is 0.0588. The highest BCUT2D eigenvalue weighted by molar-refractivity contribution is 7.99. The summed E-state index contributed by atoms with van der Waals surface area (Å²) in [7, 11) is -3.88. The van der Waals surface area contributed by atoms with Crippen LogP contribution >= 0.6 is 11.8 Å². The fourth-order valence-corrected chi connectivity index (χ4v) is 3.83. The number of hydrogen-bond donors (Lipinski definition) is 1. The zero-order chi connectivity index (χ0) is 17.9. The Bertz CT molecular complexity index is 996. The molecular formula is C17H14FN3O2S2. The molecule has 0 aliphatic rings. The largest absolute Gasteiger partial charge is 0.279 e. The van der Waals surface area contributed by atoms with Gasteiger partial charge in [0.15, 0.2) is 0 Å². The topological polar surface area (TPSA) is 72.0 Å². The number of pyridine rings is 2. The van der Waals surface area contributed by atoms with Crippen molar-refractivity contribution in [3.63, 3.8) is 0 Å². The van der Waals surface area contributed by atoms with Gasteiger partial charge in [-0.2, -0.15) is 0 Å². The van der Waals surface area contributed by atoms with E-state index < -0.39 is 15.8 Å². The van der Waals surface area contributed by atoms with Crippen molar-refractivity contribution < 1.29 is 12.8 Å². The molecule has 1 aromatic carbocycles. The molecule has 0 atom stereocenters. The maximum atomic E-state index is 13.6. The Labute approximate surface area is 149 Å². The molecule has 3 rings (SSSR count). The second-order valence-corrected chi connectivity index (χ2v) is 7.89. The first-order valence-corrected chi connectivity index (χ1v) is 9.58. The third kappa shape index (κ3) is 4.34. The van der Waals surface area contributed by atoms with Crippen LogP contribution in [0.25, 0.3) is 0 Å². The van der Waals surface area contributed by atoms with Gasteiger partial charge in [-0.25, -0.2) is 22.8 Å². The molecule has 0 unspecified atom stereocenters. The van der Waals surface area contributed by atoms with E-state index in [2.05, 4.69) is 14.7 Å². The van der Waals surface area contributed by atoms with Gasteiger partial charge in [0.1, 0.15) is 15.9 Å². The number of halogens is 1. The zero-order valence-corrected chi connectivity index (χ0v) is 14.8. The van der Waals surface area contributed by atoms with E-state index in [4.69, 9.17) is 0 Å². The number of nitrogens with one attached hydrogen (secondary N) is 1. The van der Waals surface area contributed by atoms with Gasteiger partial charge < -0.3 is 0 Å². The molecule has 1 N–H and O–H groups in total.